The summed E-state index contributed by atoms with van der Waals surface area (Å²) >= 11 is 1.57. The van der Waals surface area contributed by atoms with Gasteiger partial charge in [-0.1, -0.05) is 6.07 Å². The Kier molecular flexibility index (Phi) is 5.98. The molecule has 106 valence electrons. The zero-order valence-corrected chi connectivity index (χ0v) is 11.8. The van der Waals surface area contributed by atoms with E-state index in [1.165, 1.54) is 18.2 Å². The number of thioether (sulfide) groups is 1. The number of hydrogen-bond acceptors (Lipinski definition) is 5. The molecule has 0 aliphatic heterocycles. The Bertz CT molecular complexity index is 418. The fourth-order valence-corrected chi connectivity index (χ4v) is 2.36. The van der Waals surface area contributed by atoms with Gasteiger partial charge in [0.15, 0.2) is 0 Å². The first-order chi connectivity index (χ1) is 8.97. The Labute approximate surface area is 116 Å². The van der Waals surface area contributed by atoms with E-state index in [1.807, 2.05) is 6.26 Å². The Balaban J connectivity index is 2.81. The van der Waals surface area contributed by atoms with E-state index < -0.39 is 18.1 Å². The number of aliphatic carboxylic acids is 1. The molecular weight excluding hydrogens is 266 g/mol. The van der Waals surface area contributed by atoms with Crippen LogP contribution >= 0.6 is 11.8 Å². The number of hydrogen-bond donors (Lipinski definition) is 4. The van der Waals surface area contributed by atoms with E-state index in [9.17, 15) is 15.0 Å². The van der Waals surface area contributed by atoms with Crippen LogP contribution in [0.15, 0.2) is 18.2 Å². The van der Waals surface area contributed by atoms with Crippen molar-refractivity contribution in [2.45, 2.75) is 25.4 Å². The maximum absolute atomic E-state index is 11.1. The summed E-state index contributed by atoms with van der Waals surface area (Å²) in [5.74, 6) is -0.303. The molecule has 0 heterocycles. The second-order valence-corrected chi connectivity index (χ2v) is 5.26. The van der Waals surface area contributed by atoms with E-state index >= 15 is 0 Å². The van der Waals surface area contributed by atoms with Gasteiger partial charge < -0.3 is 15.3 Å². The van der Waals surface area contributed by atoms with E-state index in [0.29, 0.717) is 12.0 Å². The molecule has 0 spiro atoms. The molecule has 6 heteroatoms. The average molecular weight is 285 g/mol. The molecule has 0 aliphatic rings. The van der Waals surface area contributed by atoms with E-state index in [0.717, 1.165) is 5.75 Å². The van der Waals surface area contributed by atoms with Crippen molar-refractivity contribution in [1.82, 2.24) is 5.32 Å². The van der Waals surface area contributed by atoms with Crippen molar-refractivity contribution in [2.24, 2.45) is 0 Å². The number of rotatable bonds is 7. The van der Waals surface area contributed by atoms with Gasteiger partial charge in [-0.2, -0.15) is 11.8 Å². The third-order valence-corrected chi connectivity index (χ3v) is 3.50. The van der Waals surface area contributed by atoms with Crippen molar-refractivity contribution in [1.29, 1.82) is 0 Å². The number of nitrogens with one attached hydrogen (secondary N) is 1. The summed E-state index contributed by atoms with van der Waals surface area (Å²) in [6.45, 7) is 1.71. The van der Waals surface area contributed by atoms with E-state index in [-0.39, 0.29) is 11.5 Å². The smallest absolute Gasteiger partial charge is 0.320 e. The highest BCUT2D eigenvalue weighted by molar-refractivity contribution is 7.98. The Morgan fingerprint density at radius 2 is 1.95 bits per heavy atom. The van der Waals surface area contributed by atoms with Crippen molar-refractivity contribution < 1.29 is 20.1 Å². The normalized spacial score (nSPS) is 14.0. The molecule has 1 aromatic carbocycles. The number of aromatic hydroxyl groups is 2. The van der Waals surface area contributed by atoms with Gasteiger partial charge in [-0.05, 0) is 37.5 Å². The van der Waals surface area contributed by atoms with E-state index in [4.69, 9.17) is 5.11 Å². The zero-order valence-electron chi connectivity index (χ0n) is 11.0. The molecular formula is C13H19NO4S. The van der Waals surface area contributed by atoms with Gasteiger partial charge in [0.05, 0.1) is 5.56 Å². The largest absolute Gasteiger partial charge is 0.507 e. The van der Waals surface area contributed by atoms with Crippen LogP contribution < -0.4 is 5.32 Å². The molecule has 0 bridgehead atoms. The highest BCUT2D eigenvalue weighted by atomic mass is 32.2. The minimum absolute atomic E-state index is 0.0472. The monoisotopic (exact) mass is 285 g/mol. The lowest BCUT2D eigenvalue weighted by Crippen LogP contribution is -2.38. The minimum Gasteiger partial charge on any atom is -0.507 e. The second kappa shape index (κ2) is 7.25. The standard InChI is InChI=1S/C13H19NO4S/c1-8(12-10(15)4-3-5-11(12)16)14-9(13(17)18)6-7-19-2/h3-5,8-9,14-16H,6-7H2,1-2H3,(H,17,18). The van der Waals surface area contributed by atoms with Crippen molar-refractivity contribution in [2.75, 3.05) is 12.0 Å². The highest BCUT2D eigenvalue weighted by Crippen LogP contribution is 2.32. The topological polar surface area (TPSA) is 89.8 Å². The molecule has 0 amide bonds. The van der Waals surface area contributed by atoms with Crippen LogP contribution in [0.25, 0.3) is 0 Å². The number of phenols is 2. The number of benzene rings is 1. The summed E-state index contributed by atoms with van der Waals surface area (Å²) in [6.07, 6.45) is 2.40. The van der Waals surface area contributed by atoms with Crippen molar-refractivity contribution >= 4 is 17.7 Å². The average Bonchev–Trinajstić information content (AvgIpc) is 2.33. The van der Waals surface area contributed by atoms with Crippen LogP contribution in [0.3, 0.4) is 0 Å². The minimum atomic E-state index is -0.934. The summed E-state index contributed by atoms with van der Waals surface area (Å²) in [4.78, 5) is 11.1. The second-order valence-electron chi connectivity index (χ2n) is 4.27. The molecule has 1 rings (SSSR count). The summed E-state index contributed by atoms with van der Waals surface area (Å²) in [5.41, 5.74) is 0.318. The summed E-state index contributed by atoms with van der Waals surface area (Å²) in [5, 5.41) is 31.5. The molecule has 1 aromatic rings. The van der Waals surface area contributed by atoms with Gasteiger partial charge in [-0.15, -0.1) is 0 Å². The number of carboxylic acids is 1. The lowest BCUT2D eigenvalue weighted by atomic mass is 10.0. The van der Waals surface area contributed by atoms with Crippen molar-refractivity contribution in [3.63, 3.8) is 0 Å². The third kappa shape index (κ3) is 4.33. The molecule has 2 unspecified atom stereocenters. The lowest BCUT2D eigenvalue weighted by Gasteiger charge is -2.21. The van der Waals surface area contributed by atoms with Crippen LogP contribution in [0, 0.1) is 0 Å². The maximum atomic E-state index is 11.1. The highest BCUT2D eigenvalue weighted by Gasteiger charge is 2.22. The number of phenolic OH excluding ortho intramolecular Hbond substituents is 2. The molecule has 0 aliphatic carbocycles. The molecule has 0 saturated carbocycles. The van der Waals surface area contributed by atoms with Crippen molar-refractivity contribution in [3.05, 3.63) is 23.8 Å². The number of carboxylic acid groups (broad SMARTS) is 1. The predicted molar refractivity (Wildman–Crippen MR) is 75.7 cm³/mol. The Morgan fingerprint density at radius 3 is 2.42 bits per heavy atom. The van der Waals surface area contributed by atoms with Crippen LogP contribution in [0.1, 0.15) is 24.9 Å². The van der Waals surface area contributed by atoms with Crippen LogP contribution in [0.5, 0.6) is 11.5 Å². The van der Waals surface area contributed by atoms with Crippen LogP contribution in [-0.2, 0) is 4.79 Å². The van der Waals surface area contributed by atoms with E-state index in [2.05, 4.69) is 5.32 Å². The predicted octanol–water partition coefficient (Wildman–Crippen LogP) is 1.95. The van der Waals surface area contributed by atoms with Gasteiger partial charge in [0.25, 0.3) is 0 Å². The van der Waals surface area contributed by atoms with Gasteiger partial charge >= 0.3 is 5.97 Å². The molecule has 19 heavy (non-hydrogen) atoms. The van der Waals surface area contributed by atoms with Gasteiger partial charge in [0, 0.05) is 6.04 Å². The summed E-state index contributed by atoms with van der Waals surface area (Å²) in [7, 11) is 0. The molecule has 0 fully saturated rings. The van der Waals surface area contributed by atoms with Gasteiger partial charge in [0.2, 0.25) is 0 Å². The first-order valence-corrected chi connectivity index (χ1v) is 7.35. The van der Waals surface area contributed by atoms with Gasteiger partial charge in [-0.3, -0.25) is 10.1 Å². The van der Waals surface area contributed by atoms with Crippen LogP contribution in [0.2, 0.25) is 0 Å². The summed E-state index contributed by atoms with van der Waals surface area (Å²) < 4.78 is 0. The van der Waals surface area contributed by atoms with E-state index in [1.54, 1.807) is 18.7 Å². The maximum Gasteiger partial charge on any atom is 0.320 e. The summed E-state index contributed by atoms with van der Waals surface area (Å²) in [6, 6.07) is 3.30. The molecule has 0 saturated heterocycles. The first kappa shape index (κ1) is 15.7. The van der Waals surface area contributed by atoms with Gasteiger partial charge in [-0.25, -0.2) is 0 Å². The Morgan fingerprint density at radius 1 is 1.37 bits per heavy atom. The van der Waals surface area contributed by atoms with Gasteiger partial charge in [0.1, 0.15) is 17.5 Å². The molecule has 0 aromatic heterocycles. The fourth-order valence-electron chi connectivity index (χ4n) is 1.88. The fraction of sp³-hybridized carbons (Fsp3) is 0.462. The molecule has 2 atom stereocenters. The quantitative estimate of drug-likeness (QED) is 0.612. The van der Waals surface area contributed by atoms with Crippen LogP contribution in [0.4, 0.5) is 0 Å². The molecule has 5 nitrogen and oxygen atoms in total. The number of carbonyl (C=O) groups is 1. The molecule has 4 N–H and O–H groups in total. The molecule has 0 radical (unpaired) electrons. The lowest BCUT2D eigenvalue weighted by molar-refractivity contribution is -0.139. The SMILES string of the molecule is CSCCC(NC(C)c1c(O)cccc1O)C(=O)O. The first-order valence-electron chi connectivity index (χ1n) is 5.96. The van der Waals surface area contributed by atoms with Crippen molar-refractivity contribution in [3.8, 4) is 11.5 Å². The third-order valence-electron chi connectivity index (χ3n) is 2.85. The van der Waals surface area contributed by atoms with Crippen LogP contribution in [-0.4, -0.2) is 39.3 Å². The Hall–Kier alpha value is -1.40. The zero-order chi connectivity index (χ0) is 14.4.